The lowest BCUT2D eigenvalue weighted by atomic mass is 10.0. The Balaban J connectivity index is 1.56. The Hall–Kier alpha value is -2.33. The van der Waals surface area contributed by atoms with Gasteiger partial charge in [-0.3, -0.25) is 4.79 Å². The van der Waals surface area contributed by atoms with E-state index in [4.69, 9.17) is 0 Å². The number of carbonyl (C=O) groups excluding carboxylic acids is 1. The first kappa shape index (κ1) is 15.2. The van der Waals surface area contributed by atoms with Crippen molar-refractivity contribution in [3.05, 3.63) is 75.9 Å². The van der Waals surface area contributed by atoms with Crippen molar-refractivity contribution in [2.24, 2.45) is 0 Å². The molecule has 4 heteroatoms. The van der Waals surface area contributed by atoms with Crippen molar-refractivity contribution in [3.8, 4) is 0 Å². The van der Waals surface area contributed by atoms with Gasteiger partial charge in [0, 0.05) is 52.2 Å². The largest absolute Gasteiger partial charge is 0.358 e. The van der Waals surface area contributed by atoms with Crippen molar-refractivity contribution in [1.29, 1.82) is 0 Å². The Morgan fingerprint density at radius 2 is 1.92 bits per heavy atom. The summed E-state index contributed by atoms with van der Waals surface area (Å²) in [7, 11) is 0. The van der Waals surface area contributed by atoms with Crippen LogP contribution in [0.2, 0.25) is 0 Å². The van der Waals surface area contributed by atoms with Crippen LogP contribution in [0.3, 0.4) is 0 Å². The van der Waals surface area contributed by atoms with Gasteiger partial charge in [-0.25, -0.2) is 0 Å². The smallest absolute Gasteiger partial charge is 0.246 e. The summed E-state index contributed by atoms with van der Waals surface area (Å²) in [5, 5.41) is 1.22. The van der Waals surface area contributed by atoms with Crippen LogP contribution in [0, 0.1) is 0 Å². The Labute approximate surface area is 149 Å². The second-order valence-corrected chi connectivity index (χ2v) is 6.85. The lowest BCUT2D eigenvalue weighted by Gasteiger charge is -2.26. The van der Waals surface area contributed by atoms with Gasteiger partial charge < -0.3 is 9.88 Å². The third kappa shape index (κ3) is 2.78. The fourth-order valence-electron chi connectivity index (χ4n) is 3.23. The van der Waals surface area contributed by atoms with E-state index in [0.717, 1.165) is 28.5 Å². The van der Waals surface area contributed by atoms with Crippen LogP contribution in [0.4, 0.5) is 0 Å². The number of aromatic nitrogens is 1. The summed E-state index contributed by atoms with van der Waals surface area (Å²) in [6.07, 6.45) is 4.41. The molecule has 1 aliphatic heterocycles. The third-order valence-corrected chi connectivity index (χ3v) is 5.23. The van der Waals surface area contributed by atoms with Gasteiger partial charge in [0.25, 0.3) is 0 Å². The minimum absolute atomic E-state index is 0.0571. The SMILES string of the molecule is O=C(C=Cc1ccccc1Br)N1CCc2[nH]c3ccccc3c2C1. The number of hydrogen-bond donors (Lipinski definition) is 1. The fraction of sp³-hybridized carbons (Fsp3) is 0.150. The maximum atomic E-state index is 12.6. The van der Waals surface area contributed by atoms with E-state index in [1.54, 1.807) is 6.08 Å². The number of fused-ring (bicyclic) bond motifs is 3. The van der Waals surface area contributed by atoms with E-state index in [-0.39, 0.29) is 5.91 Å². The highest BCUT2D eigenvalue weighted by Crippen LogP contribution is 2.27. The van der Waals surface area contributed by atoms with Crippen LogP contribution in [0.5, 0.6) is 0 Å². The monoisotopic (exact) mass is 380 g/mol. The number of aromatic amines is 1. The van der Waals surface area contributed by atoms with E-state index in [0.29, 0.717) is 6.54 Å². The van der Waals surface area contributed by atoms with Gasteiger partial charge in [-0.15, -0.1) is 0 Å². The zero-order valence-electron chi connectivity index (χ0n) is 13.1. The van der Waals surface area contributed by atoms with Gasteiger partial charge in [0.1, 0.15) is 0 Å². The first-order chi connectivity index (χ1) is 11.7. The number of amides is 1. The van der Waals surface area contributed by atoms with Crippen LogP contribution in [0.1, 0.15) is 16.8 Å². The van der Waals surface area contributed by atoms with Crippen molar-refractivity contribution in [2.45, 2.75) is 13.0 Å². The summed E-state index contributed by atoms with van der Waals surface area (Å²) in [4.78, 5) is 18.0. The van der Waals surface area contributed by atoms with Gasteiger partial charge in [0.15, 0.2) is 0 Å². The van der Waals surface area contributed by atoms with E-state index in [9.17, 15) is 4.79 Å². The number of halogens is 1. The van der Waals surface area contributed by atoms with Crippen LogP contribution in [0.25, 0.3) is 17.0 Å². The molecular weight excluding hydrogens is 364 g/mol. The molecular formula is C20H17BrN2O. The molecule has 3 nitrogen and oxygen atoms in total. The van der Waals surface area contributed by atoms with E-state index in [1.807, 2.05) is 47.4 Å². The number of benzene rings is 2. The number of para-hydroxylation sites is 1. The summed E-state index contributed by atoms with van der Waals surface area (Å²) in [6.45, 7) is 1.41. The van der Waals surface area contributed by atoms with Gasteiger partial charge in [-0.05, 0) is 23.8 Å². The van der Waals surface area contributed by atoms with Crippen molar-refractivity contribution >= 4 is 38.8 Å². The van der Waals surface area contributed by atoms with Gasteiger partial charge >= 0.3 is 0 Å². The van der Waals surface area contributed by atoms with Crippen LogP contribution in [-0.4, -0.2) is 22.3 Å². The summed E-state index contributed by atoms with van der Waals surface area (Å²) in [5.41, 5.74) is 4.67. The predicted octanol–water partition coefficient (Wildman–Crippen LogP) is 4.53. The zero-order valence-corrected chi connectivity index (χ0v) is 14.7. The minimum atomic E-state index is 0.0571. The van der Waals surface area contributed by atoms with Crippen LogP contribution < -0.4 is 0 Å². The molecule has 4 rings (SSSR count). The maximum absolute atomic E-state index is 12.6. The highest BCUT2D eigenvalue weighted by atomic mass is 79.9. The quantitative estimate of drug-likeness (QED) is 0.651. The standard InChI is InChI=1S/C20H17BrN2O/c21-17-7-3-1-5-14(17)9-10-20(24)23-12-11-19-16(13-23)15-6-2-4-8-18(15)22-19/h1-10,22H,11-13H2. The lowest BCUT2D eigenvalue weighted by molar-refractivity contribution is -0.126. The number of hydrogen-bond acceptors (Lipinski definition) is 1. The molecule has 0 aliphatic carbocycles. The average molecular weight is 381 g/mol. The molecule has 0 saturated heterocycles. The normalized spacial score (nSPS) is 14.3. The van der Waals surface area contributed by atoms with Gasteiger partial charge in [0.05, 0.1) is 0 Å². The summed E-state index contributed by atoms with van der Waals surface area (Å²) >= 11 is 3.51. The third-order valence-electron chi connectivity index (χ3n) is 4.51. The number of rotatable bonds is 2. The minimum Gasteiger partial charge on any atom is -0.358 e. The first-order valence-corrected chi connectivity index (χ1v) is 8.81. The molecule has 0 bridgehead atoms. The first-order valence-electron chi connectivity index (χ1n) is 8.02. The summed E-state index contributed by atoms with van der Waals surface area (Å²) in [5.74, 6) is 0.0571. The molecule has 0 fully saturated rings. The number of nitrogens with one attached hydrogen (secondary N) is 1. The Kier molecular flexibility index (Phi) is 3.98. The highest BCUT2D eigenvalue weighted by molar-refractivity contribution is 9.10. The topological polar surface area (TPSA) is 36.1 Å². The number of H-pyrrole nitrogens is 1. The van der Waals surface area contributed by atoms with Crippen molar-refractivity contribution in [3.63, 3.8) is 0 Å². The molecule has 0 radical (unpaired) electrons. The summed E-state index contributed by atoms with van der Waals surface area (Å²) < 4.78 is 0.992. The molecule has 1 amide bonds. The molecule has 24 heavy (non-hydrogen) atoms. The van der Waals surface area contributed by atoms with Crippen molar-refractivity contribution < 1.29 is 4.79 Å². The van der Waals surface area contributed by atoms with Crippen molar-refractivity contribution in [2.75, 3.05) is 6.54 Å². The van der Waals surface area contributed by atoms with E-state index in [1.165, 1.54) is 16.6 Å². The lowest BCUT2D eigenvalue weighted by Crippen LogP contribution is -2.34. The predicted molar refractivity (Wildman–Crippen MR) is 101 cm³/mol. The van der Waals surface area contributed by atoms with Crippen LogP contribution in [-0.2, 0) is 17.8 Å². The molecule has 120 valence electrons. The average Bonchev–Trinajstić information content (AvgIpc) is 2.98. The highest BCUT2D eigenvalue weighted by Gasteiger charge is 2.22. The van der Waals surface area contributed by atoms with E-state index in [2.05, 4.69) is 33.0 Å². The molecule has 2 heterocycles. The molecule has 0 spiro atoms. The van der Waals surface area contributed by atoms with Gasteiger partial charge in [-0.2, -0.15) is 0 Å². The summed E-state index contributed by atoms with van der Waals surface area (Å²) in [6, 6.07) is 16.2. The van der Waals surface area contributed by atoms with Crippen LogP contribution in [0.15, 0.2) is 59.1 Å². The number of carbonyl (C=O) groups is 1. The molecule has 0 atom stereocenters. The Morgan fingerprint density at radius 3 is 2.79 bits per heavy atom. The van der Waals surface area contributed by atoms with Crippen LogP contribution >= 0.6 is 15.9 Å². The molecule has 1 aromatic heterocycles. The van der Waals surface area contributed by atoms with Gasteiger partial charge in [0.2, 0.25) is 5.91 Å². The molecule has 2 aromatic carbocycles. The van der Waals surface area contributed by atoms with Crippen molar-refractivity contribution in [1.82, 2.24) is 9.88 Å². The van der Waals surface area contributed by atoms with E-state index >= 15 is 0 Å². The second kappa shape index (κ2) is 6.29. The zero-order chi connectivity index (χ0) is 16.5. The molecule has 0 saturated carbocycles. The molecule has 1 aliphatic rings. The molecule has 1 N–H and O–H groups in total. The van der Waals surface area contributed by atoms with Gasteiger partial charge in [-0.1, -0.05) is 52.3 Å². The molecule has 0 unspecified atom stereocenters. The maximum Gasteiger partial charge on any atom is 0.246 e. The second-order valence-electron chi connectivity index (χ2n) is 5.99. The molecule has 3 aromatic rings. The number of nitrogens with zero attached hydrogens (tertiary/aromatic N) is 1. The Bertz CT molecular complexity index is 942. The fourth-order valence-corrected chi connectivity index (χ4v) is 3.65. The van der Waals surface area contributed by atoms with E-state index < -0.39 is 0 Å². The Morgan fingerprint density at radius 1 is 1.12 bits per heavy atom.